The van der Waals surface area contributed by atoms with Crippen LogP contribution in [0.4, 0.5) is 0 Å². The number of hydrogen-bond acceptors (Lipinski definition) is 1. The quantitative estimate of drug-likeness (QED) is 0.431. The minimum Gasteiger partial charge on any atom is -0.497 e. The summed E-state index contributed by atoms with van der Waals surface area (Å²) in [6.45, 7) is 0.733. The molecule has 2 heteroatoms. The molecule has 0 bridgehead atoms. The SMILES string of the molecule is C1=CCOC=C1.P. The van der Waals surface area contributed by atoms with Crippen LogP contribution < -0.4 is 0 Å². The lowest BCUT2D eigenvalue weighted by atomic mass is 10.5. The smallest absolute Gasteiger partial charge is 0.106 e. The molecule has 1 nitrogen and oxygen atoms in total. The standard InChI is InChI=1S/C5H6O.H3P/c1-2-4-6-5-3-1;/h1-4H,5H2;1H3. The van der Waals surface area contributed by atoms with E-state index in [1.54, 1.807) is 6.26 Å². The fourth-order valence-corrected chi connectivity index (χ4v) is 0.346. The number of rotatable bonds is 0. The minimum atomic E-state index is 0. The number of ether oxygens (including phenoxy) is 1. The summed E-state index contributed by atoms with van der Waals surface area (Å²) in [6.07, 6.45) is 7.47. The molecule has 7 heavy (non-hydrogen) atoms. The van der Waals surface area contributed by atoms with Crippen molar-refractivity contribution in [3.8, 4) is 0 Å². The second kappa shape index (κ2) is 3.89. The molecule has 1 atom stereocenters. The average Bonchev–Trinajstić information content (AvgIpc) is 1.72. The molecule has 0 aliphatic carbocycles. The molecule has 0 radical (unpaired) electrons. The third-order valence-electron chi connectivity index (χ3n) is 0.614. The Balaban J connectivity index is 0.000000360. The van der Waals surface area contributed by atoms with Crippen molar-refractivity contribution in [1.29, 1.82) is 0 Å². The van der Waals surface area contributed by atoms with Crippen LogP contribution in [0.2, 0.25) is 0 Å². The van der Waals surface area contributed by atoms with E-state index in [4.69, 9.17) is 4.74 Å². The molecule has 0 saturated heterocycles. The van der Waals surface area contributed by atoms with Gasteiger partial charge < -0.3 is 4.74 Å². The van der Waals surface area contributed by atoms with Gasteiger partial charge in [-0.1, -0.05) is 6.08 Å². The summed E-state index contributed by atoms with van der Waals surface area (Å²) < 4.78 is 4.80. The molecule has 0 N–H and O–H groups in total. The minimum absolute atomic E-state index is 0. The summed E-state index contributed by atoms with van der Waals surface area (Å²) in [7, 11) is 0. The first kappa shape index (κ1) is 6.71. The van der Waals surface area contributed by atoms with Gasteiger partial charge in [-0.25, -0.2) is 0 Å². The highest BCUT2D eigenvalue weighted by Crippen LogP contribution is 1.87. The lowest BCUT2D eigenvalue weighted by molar-refractivity contribution is 0.286. The summed E-state index contributed by atoms with van der Waals surface area (Å²) >= 11 is 0. The summed E-state index contributed by atoms with van der Waals surface area (Å²) in [6, 6.07) is 0. The molecule has 0 fully saturated rings. The molecule has 40 valence electrons. The third-order valence-corrected chi connectivity index (χ3v) is 0.614. The summed E-state index contributed by atoms with van der Waals surface area (Å²) in [5.41, 5.74) is 0. The maximum atomic E-state index is 4.80. The molecular formula is C5H9OP. The zero-order valence-electron chi connectivity index (χ0n) is 4.13. The zero-order chi connectivity index (χ0) is 4.24. The van der Waals surface area contributed by atoms with E-state index in [0.717, 1.165) is 6.61 Å². The van der Waals surface area contributed by atoms with Gasteiger partial charge in [-0.2, -0.15) is 9.90 Å². The molecule has 1 aliphatic rings. The Morgan fingerprint density at radius 1 is 1.29 bits per heavy atom. The first-order valence-electron chi connectivity index (χ1n) is 1.93. The Bertz CT molecular complexity index is 74.1. The summed E-state index contributed by atoms with van der Waals surface area (Å²) in [4.78, 5) is 0. The molecule has 0 saturated carbocycles. The van der Waals surface area contributed by atoms with Gasteiger partial charge in [-0.05, 0) is 12.2 Å². The van der Waals surface area contributed by atoms with Gasteiger partial charge in [0.15, 0.2) is 0 Å². The molecule has 0 amide bonds. The van der Waals surface area contributed by atoms with Crippen molar-refractivity contribution >= 4 is 9.90 Å². The summed E-state index contributed by atoms with van der Waals surface area (Å²) in [5.74, 6) is 0. The molecular weight excluding hydrogens is 107 g/mol. The van der Waals surface area contributed by atoms with Crippen LogP contribution in [0.15, 0.2) is 24.5 Å². The Morgan fingerprint density at radius 3 is 2.29 bits per heavy atom. The van der Waals surface area contributed by atoms with Crippen LogP contribution in [0.5, 0.6) is 0 Å². The first-order chi connectivity index (χ1) is 3.00. The fourth-order valence-electron chi connectivity index (χ4n) is 0.346. The van der Waals surface area contributed by atoms with Crippen LogP contribution in [-0.4, -0.2) is 6.61 Å². The van der Waals surface area contributed by atoms with Gasteiger partial charge >= 0.3 is 0 Å². The fraction of sp³-hybridized carbons (Fsp3) is 0.200. The van der Waals surface area contributed by atoms with E-state index < -0.39 is 0 Å². The molecule has 0 aromatic rings. The van der Waals surface area contributed by atoms with Crippen molar-refractivity contribution in [1.82, 2.24) is 0 Å². The molecule has 0 aromatic heterocycles. The van der Waals surface area contributed by atoms with E-state index in [1.165, 1.54) is 0 Å². The van der Waals surface area contributed by atoms with E-state index in [0.29, 0.717) is 0 Å². The number of allylic oxidation sites excluding steroid dienone is 2. The first-order valence-corrected chi connectivity index (χ1v) is 1.93. The van der Waals surface area contributed by atoms with Crippen molar-refractivity contribution in [3.05, 3.63) is 24.5 Å². The topological polar surface area (TPSA) is 9.23 Å². The van der Waals surface area contributed by atoms with E-state index >= 15 is 0 Å². The second-order valence-electron chi connectivity index (χ2n) is 1.09. The summed E-state index contributed by atoms with van der Waals surface area (Å²) in [5, 5.41) is 0. The Hall–Kier alpha value is -0.290. The lowest BCUT2D eigenvalue weighted by Gasteiger charge is -1.94. The van der Waals surface area contributed by atoms with Gasteiger partial charge in [0.1, 0.15) is 6.61 Å². The van der Waals surface area contributed by atoms with E-state index in [2.05, 4.69) is 0 Å². The van der Waals surface area contributed by atoms with Crippen LogP contribution in [0, 0.1) is 0 Å². The van der Waals surface area contributed by atoms with E-state index in [-0.39, 0.29) is 9.90 Å². The average molecular weight is 116 g/mol. The molecule has 0 spiro atoms. The molecule has 1 aliphatic heterocycles. The van der Waals surface area contributed by atoms with Crippen molar-refractivity contribution in [2.24, 2.45) is 0 Å². The van der Waals surface area contributed by atoms with Crippen LogP contribution in [-0.2, 0) is 4.74 Å². The van der Waals surface area contributed by atoms with Crippen LogP contribution in [0.1, 0.15) is 0 Å². The highest BCUT2D eigenvalue weighted by atomic mass is 31.0. The van der Waals surface area contributed by atoms with Gasteiger partial charge in [-0.3, -0.25) is 0 Å². The van der Waals surface area contributed by atoms with Crippen molar-refractivity contribution in [3.63, 3.8) is 0 Å². The van der Waals surface area contributed by atoms with E-state index in [9.17, 15) is 0 Å². The third kappa shape index (κ3) is 2.41. The molecule has 1 rings (SSSR count). The largest absolute Gasteiger partial charge is 0.497 e. The zero-order valence-corrected chi connectivity index (χ0v) is 5.55. The molecule has 0 aromatic carbocycles. The normalized spacial score (nSPS) is 14.9. The van der Waals surface area contributed by atoms with Crippen molar-refractivity contribution in [2.75, 3.05) is 6.61 Å². The van der Waals surface area contributed by atoms with Crippen LogP contribution in [0.25, 0.3) is 0 Å². The van der Waals surface area contributed by atoms with Gasteiger partial charge in [0.05, 0.1) is 6.26 Å². The highest BCUT2D eigenvalue weighted by molar-refractivity contribution is 6.92. The van der Waals surface area contributed by atoms with Crippen LogP contribution >= 0.6 is 9.90 Å². The van der Waals surface area contributed by atoms with Crippen molar-refractivity contribution in [2.45, 2.75) is 0 Å². The molecule has 1 heterocycles. The predicted molar refractivity (Wildman–Crippen MR) is 35.3 cm³/mol. The Labute approximate surface area is 46.7 Å². The second-order valence-corrected chi connectivity index (χ2v) is 1.09. The Kier molecular flexibility index (Phi) is 3.72. The number of hydrogen-bond donors (Lipinski definition) is 0. The Morgan fingerprint density at radius 2 is 2.14 bits per heavy atom. The maximum Gasteiger partial charge on any atom is 0.106 e. The van der Waals surface area contributed by atoms with E-state index in [1.807, 2.05) is 18.2 Å². The van der Waals surface area contributed by atoms with Gasteiger partial charge in [0, 0.05) is 0 Å². The maximum absolute atomic E-state index is 4.80. The van der Waals surface area contributed by atoms with Gasteiger partial charge in [-0.15, -0.1) is 0 Å². The van der Waals surface area contributed by atoms with Crippen molar-refractivity contribution < 1.29 is 4.74 Å². The van der Waals surface area contributed by atoms with Crippen LogP contribution in [0.3, 0.4) is 0 Å². The lowest BCUT2D eigenvalue weighted by Crippen LogP contribution is -1.82. The van der Waals surface area contributed by atoms with Gasteiger partial charge in [0.25, 0.3) is 0 Å². The molecule has 1 unspecified atom stereocenters. The van der Waals surface area contributed by atoms with Gasteiger partial charge in [0.2, 0.25) is 0 Å². The predicted octanol–water partition coefficient (Wildman–Crippen LogP) is 1.14. The highest BCUT2D eigenvalue weighted by Gasteiger charge is 1.75. The monoisotopic (exact) mass is 116 g/mol.